The molecule has 1 atom stereocenters. The van der Waals surface area contributed by atoms with Gasteiger partial charge in [-0.3, -0.25) is 0 Å². The van der Waals surface area contributed by atoms with Crippen LogP contribution in [0.3, 0.4) is 0 Å². The fourth-order valence-corrected chi connectivity index (χ4v) is 1.16. The molecule has 0 saturated heterocycles. The maximum atomic E-state index is 5.64. The summed E-state index contributed by atoms with van der Waals surface area (Å²) in [5.41, 5.74) is 5.64. The van der Waals surface area contributed by atoms with E-state index in [0.717, 1.165) is 12.2 Å². The van der Waals surface area contributed by atoms with Crippen LogP contribution in [-0.4, -0.2) is 17.5 Å². The molecule has 0 heterocycles. The number of nitrogens with two attached hydrogens (primary N) is 1. The standard InChI is InChI=1S/C6H15NS/c1-3-6(7)5-8-4-2/h6H,3-5,7H2,1-2H3/t6-/m1/s1. The van der Waals surface area contributed by atoms with Gasteiger partial charge in [0.2, 0.25) is 0 Å². The first-order valence-corrected chi connectivity index (χ1v) is 4.30. The molecule has 0 bridgehead atoms. The summed E-state index contributed by atoms with van der Waals surface area (Å²) in [6.45, 7) is 4.29. The summed E-state index contributed by atoms with van der Waals surface area (Å²) in [7, 11) is 0. The summed E-state index contributed by atoms with van der Waals surface area (Å²) >= 11 is 1.92. The van der Waals surface area contributed by atoms with Crippen LogP contribution in [-0.2, 0) is 0 Å². The van der Waals surface area contributed by atoms with Gasteiger partial charge in [-0.25, -0.2) is 0 Å². The van der Waals surface area contributed by atoms with Crippen LogP contribution in [0.25, 0.3) is 0 Å². The average Bonchev–Trinajstić information content (AvgIpc) is 1.83. The number of hydrogen-bond donors (Lipinski definition) is 1. The number of hydrogen-bond acceptors (Lipinski definition) is 2. The molecule has 8 heavy (non-hydrogen) atoms. The Morgan fingerprint density at radius 2 is 2.12 bits per heavy atom. The second-order valence-corrected chi connectivity index (χ2v) is 3.15. The van der Waals surface area contributed by atoms with Crippen LogP contribution < -0.4 is 5.73 Å². The van der Waals surface area contributed by atoms with Crippen LogP contribution >= 0.6 is 11.8 Å². The van der Waals surface area contributed by atoms with E-state index in [-0.39, 0.29) is 0 Å². The Bertz CT molecular complexity index is 47.8. The van der Waals surface area contributed by atoms with E-state index in [9.17, 15) is 0 Å². The molecule has 0 rings (SSSR count). The van der Waals surface area contributed by atoms with Crippen molar-refractivity contribution in [1.82, 2.24) is 0 Å². The third-order valence-corrected chi connectivity index (χ3v) is 2.13. The summed E-state index contributed by atoms with van der Waals surface area (Å²) in [4.78, 5) is 0. The zero-order chi connectivity index (χ0) is 6.41. The molecule has 0 unspecified atom stereocenters. The molecule has 0 spiro atoms. The molecule has 0 fully saturated rings. The second-order valence-electron chi connectivity index (χ2n) is 1.83. The van der Waals surface area contributed by atoms with E-state index in [4.69, 9.17) is 5.73 Å². The maximum Gasteiger partial charge on any atom is 0.0127 e. The molecule has 0 aliphatic rings. The van der Waals surface area contributed by atoms with Crippen LogP contribution in [0.5, 0.6) is 0 Å². The van der Waals surface area contributed by atoms with Gasteiger partial charge in [0.15, 0.2) is 0 Å². The Morgan fingerprint density at radius 3 is 2.50 bits per heavy atom. The Balaban J connectivity index is 2.86. The molecule has 0 aromatic rings. The lowest BCUT2D eigenvalue weighted by Gasteiger charge is -2.04. The Kier molecular flexibility index (Phi) is 5.66. The summed E-state index contributed by atoms with van der Waals surface area (Å²) in [6.07, 6.45) is 1.10. The smallest absolute Gasteiger partial charge is 0.0127 e. The van der Waals surface area contributed by atoms with Gasteiger partial charge >= 0.3 is 0 Å². The van der Waals surface area contributed by atoms with Crippen LogP contribution in [0.1, 0.15) is 20.3 Å². The van der Waals surface area contributed by atoms with Gasteiger partial charge in [-0.2, -0.15) is 11.8 Å². The van der Waals surface area contributed by atoms with Crippen molar-refractivity contribution < 1.29 is 0 Å². The van der Waals surface area contributed by atoms with Gasteiger partial charge in [0.25, 0.3) is 0 Å². The van der Waals surface area contributed by atoms with Crippen LogP contribution in [0.4, 0.5) is 0 Å². The van der Waals surface area contributed by atoms with E-state index < -0.39 is 0 Å². The average molecular weight is 133 g/mol. The predicted octanol–water partition coefficient (Wildman–Crippen LogP) is 1.48. The molecular formula is C6H15NS. The lowest BCUT2D eigenvalue weighted by Crippen LogP contribution is -2.21. The first kappa shape index (κ1) is 8.31. The van der Waals surface area contributed by atoms with Gasteiger partial charge < -0.3 is 5.73 Å². The largest absolute Gasteiger partial charge is 0.327 e. The molecule has 0 amide bonds. The van der Waals surface area contributed by atoms with Gasteiger partial charge in [-0.05, 0) is 12.2 Å². The van der Waals surface area contributed by atoms with E-state index in [1.54, 1.807) is 0 Å². The van der Waals surface area contributed by atoms with Crippen molar-refractivity contribution in [1.29, 1.82) is 0 Å². The zero-order valence-corrected chi connectivity index (χ0v) is 6.50. The molecule has 0 aromatic carbocycles. The molecule has 50 valence electrons. The van der Waals surface area contributed by atoms with Crippen molar-refractivity contribution in [2.24, 2.45) is 5.73 Å². The van der Waals surface area contributed by atoms with Crippen LogP contribution in [0.15, 0.2) is 0 Å². The third-order valence-electron chi connectivity index (χ3n) is 1.06. The first-order chi connectivity index (χ1) is 3.81. The third kappa shape index (κ3) is 4.47. The fourth-order valence-electron chi connectivity index (χ4n) is 0.387. The predicted molar refractivity (Wildman–Crippen MR) is 41.3 cm³/mol. The van der Waals surface area contributed by atoms with E-state index in [2.05, 4.69) is 13.8 Å². The van der Waals surface area contributed by atoms with Gasteiger partial charge in [-0.15, -0.1) is 0 Å². The van der Waals surface area contributed by atoms with E-state index >= 15 is 0 Å². The molecular weight excluding hydrogens is 118 g/mol. The molecule has 0 aliphatic carbocycles. The first-order valence-electron chi connectivity index (χ1n) is 3.14. The van der Waals surface area contributed by atoms with E-state index in [1.807, 2.05) is 11.8 Å². The molecule has 1 nitrogen and oxygen atoms in total. The Labute approximate surface area is 56.0 Å². The highest BCUT2D eigenvalue weighted by atomic mass is 32.2. The molecule has 2 heteroatoms. The lowest BCUT2D eigenvalue weighted by atomic mass is 10.3. The Hall–Kier alpha value is 0.310. The normalized spacial score (nSPS) is 13.9. The fraction of sp³-hybridized carbons (Fsp3) is 1.00. The van der Waals surface area contributed by atoms with Crippen molar-refractivity contribution >= 4 is 11.8 Å². The molecule has 0 aliphatic heterocycles. The highest BCUT2D eigenvalue weighted by Gasteiger charge is 1.95. The maximum absolute atomic E-state index is 5.64. The lowest BCUT2D eigenvalue weighted by molar-refractivity contribution is 0.725. The minimum absolute atomic E-state index is 0.417. The van der Waals surface area contributed by atoms with Gasteiger partial charge in [0.05, 0.1) is 0 Å². The molecule has 0 aromatic heterocycles. The van der Waals surface area contributed by atoms with E-state index in [0.29, 0.717) is 6.04 Å². The number of rotatable bonds is 4. The Morgan fingerprint density at radius 1 is 1.50 bits per heavy atom. The SMILES string of the molecule is CCSC[C@H](N)CC. The summed E-state index contributed by atoms with van der Waals surface area (Å²) < 4.78 is 0. The summed E-state index contributed by atoms with van der Waals surface area (Å²) in [6, 6.07) is 0.417. The molecule has 0 radical (unpaired) electrons. The van der Waals surface area contributed by atoms with Gasteiger partial charge in [0, 0.05) is 11.8 Å². The van der Waals surface area contributed by atoms with Crippen molar-refractivity contribution in [3.63, 3.8) is 0 Å². The highest BCUT2D eigenvalue weighted by molar-refractivity contribution is 7.99. The van der Waals surface area contributed by atoms with Crippen molar-refractivity contribution in [3.05, 3.63) is 0 Å². The van der Waals surface area contributed by atoms with Gasteiger partial charge in [0.1, 0.15) is 0 Å². The second kappa shape index (κ2) is 5.45. The van der Waals surface area contributed by atoms with Gasteiger partial charge in [-0.1, -0.05) is 13.8 Å². The van der Waals surface area contributed by atoms with Crippen molar-refractivity contribution in [2.75, 3.05) is 11.5 Å². The zero-order valence-electron chi connectivity index (χ0n) is 5.68. The minimum atomic E-state index is 0.417. The van der Waals surface area contributed by atoms with Crippen LogP contribution in [0, 0.1) is 0 Å². The molecule has 0 saturated carbocycles. The minimum Gasteiger partial charge on any atom is -0.327 e. The van der Waals surface area contributed by atoms with Crippen LogP contribution in [0.2, 0.25) is 0 Å². The highest BCUT2D eigenvalue weighted by Crippen LogP contribution is 2.01. The van der Waals surface area contributed by atoms with Crippen molar-refractivity contribution in [3.8, 4) is 0 Å². The monoisotopic (exact) mass is 133 g/mol. The van der Waals surface area contributed by atoms with E-state index in [1.165, 1.54) is 5.75 Å². The molecule has 2 N–H and O–H groups in total. The summed E-state index contributed by atoms with van der Waals surface area (Å²) in [5.74, 6) is 2.31. The number of thioether (sulfide) groups is 1. The van der Waals surface area contributed by atoms with Crippen molar-refractivity contribution in [2.45, 2.75) is 26.3 Å². The summed E-state index contributed by atoms with van der Waals surface area (Å²) in [5, 5.41) is 0. The topological polar surface area (TPSA) is 26.0 Å². The quantitative estimate of drug-likeness (QED) is 0.628.